The maximum Gasteiger partial charge on any atom is 0.288 e. The van der Waals surface area contributed by atoms with E-state index in [0.717, 1.165) is 32.1 Å². The highest BCUT2D eigenvalue weighted by Gasteiger charge is 2.42. The van der Waals surface area contributed by atoms with Gasteiger partial charge in [0.15, 0.2) is 0 Å². The molecule has 0 fully saturated rings. The molecule has 0 radical (unpaired) electrons. The maximum atomic E-state index is 11.8. The van der Waals surface area contributed by atoms with Crippen LogP contribution in [-0.4, -0.2) is 26.2 Å². The van der Waals surface area contributed by atoms with Crippen LogP contribution in [0.4, 0.5) is 0 Å². The largest absolute Gasteiger partial charge is 0.337 e. The lowest BCUT2D eigenvalue weighted by Gasteiger charge is -2.31. The molecule has 0 aromatic heterocycles. The molecule has 0 aliphatic carbocycles. The molecule has 26 heavy (non-hydrogen) atoms. The van der Waals surface area contributed by atoms with E-state index in [1.165, 1.54) is 58.3 Å². The third-order valence-corrected chi connectivity index (χ3v) is 6.66. The zero-order chi connectivity index (χ0) is 19.9. The molecule has 0 saturated heterocycles. The van der Waals surface area contributed by atoms with Crippen molar-refractivity contribution in [3.05, 3.63) is 0 Å². The highest BCUT2D eigenvalue weighted by molar-refractivity contribution is 8.14. The third kappa shape index (κ3) is 11.8. The van der Waals surface area contributed by atoms with Crippen LogP contribution in [0.15, 0.2) is 0 Å². The van der Waals surface area contributed by atoms with Gasteiger partial charge in [-0.3, -0.25) is 0 Å². The molecule has 2 unspecified atom stereocenters. The summed E-state index contributed by atoms with van der Waals surface area (Å²) < 4.78 is 34.8. The summed E-state index contributed by atoms with van der Waals surface area (Å²) >= 11 is 0. The Kier molecular flexibility index (Phi) is 15.2. The van der Waals surface area contributed by atoms with Gasteiger partial charge in [0.1, 0.15) is 0 Å². The Balaban J connectivity index is 4.12. The molecule has 4 nitrogen and oxygen atoms in total. The van der Waals surface area contributed by atoms with E-state index in [4.69, 9.17) is 20.2 Å². The first-order chi connectivity index (χ1) is 12.3. The van der Waals surface area contributed by atoms with Gasteiger partial charge in [0.05, 0.1) is 6.10 Å². The Labute approximate surface area is 166 Å². The normalized spacial score (nSPS) is 15.7. The van der Waals surface area contributed by atoms with Crippen molar-refractivity contribution in [2.45, 2.75) is 122 Å². The third-order valence-electron chi connectivity index (χ3n) is 4.72. The highest BCUT2D eigenvalue weighted by Crippen LogP contribution is 2.29. The summed E-state index contributed by atoms with van der Waals surface area (Å²) in [6.07, 6.45) is 15.3. The van der Waals surface area contributed by atoms with E-state index in [0.29, 0.717) is 0 Å². The Bertz CT molecular complexity index is 428. The molecule has 0 aromatic rings. The second-order valence-electron chi connectivity index (χ2n) is 7.23. The van der Waals surface area contributed by atoms with Crippen molar-refractivity contribution in [1.29, 1.82) is 0 Å². The highest BCUT2D eigenvalue weighted by atomic mass is 35.7. The topological polar surface area (TPSA) is 52.6 Å². The fourth-order valence-electron chi connectivity index (χ4n) is 3.17. The molecule has 0 rings (SSSR count). The van der Waals surface area contributed by atoms with Crippen LogP contribution in [0.1, 0.15) is 111 Å². The van der Waals surface area contributed by atoms with Crippen molar-refractivity contribution in [2.75, 3.05) is 6.61 Å². The molecule has 0 aromatic carbocycles. The Hall–Kier alpha value is 0.160. The number of halogens is 1. The minimum absolute atomic E-state index is 0.140. The number of hydrogen-bond acceptors (Lipinski definition) is 4. The molecule has 158 valence electrons. The molecule has 0 N–H and O–H groups in total. The number of hydrogen-bond donors (Lipinski definition) is 0. The SMILES string of the molecule is CCCCCCCCCCCCC(CCC)OC(C)(OCC)S(=O)(=O)Cl. The summed E-state index contributed by atoms with van der Waals surface area (Å²) in [4.78, 5) is 0. The summed E-state index contributed by atoms with van der Waals surface area (Å²) in [5.41, 5.74) is 0. The second kappa shape index (κ2) is 15.1. The van der Waals surface area contributed by atoms with Crippen molar-refractivity contribution < 1.29 is 17.9 Å². The van der Waals surface area contributed by atoms with Gasteiger partial charge in [0.2, 0.25) is 0 Å². The van der Waals surface area contributed by atoms with Crippen LogP contribution in [0.3, 0.4) is 0 Å². The van der Waals surface area contributed by atoms with Crippen LogP contribution in [0.2, 0.25) is 0 Å². The van der Waals surface area contributed by atoms with Gasteiger partial charge in [-0.05, 0) is 19.8 Å². The van der Waals surface area contributed by atoms with Crippen LogP contribution in [0.25, 0.3) is 0 Å². The molecular formula is C20H41ClO4S. The molecular weight excluding hydrogens is 372 g/mol. The van der Waals surface area contributed by atoms with Gasteiger partial charge in [-0.15, -0.1) is 0 Å². The van der Waals surface area contributed by atoms with Gasteiger partial charge in [-0.1, -0.05) is 84.5 Å². The predicted octanol–water partition coefficient (Wildman–Crippen LogP) is 6.76. The van der Waals surface area contributed by atoms with Gasteiger partial charge in [-0.2, -0.15) is 0 Å². The molecule has 0 aliphatic rings. The van der Waals surface area contributed by atoms with Crippen molar-refractivity contribution in [1.82, 2.24) is 0 Å². The Morgan fingerprint density at radius 3 is 1.73 bits per heavy atom. The first kappa shape index (κ1) is 26.2. The van der Waals surface area contributed by atoms with E-state index in [2.05, 4.69) is 13.8 Å². The van der Waals surface area contributed by atoms with Crippen LogP contribution in [-0.2, 0) is 18.5 Å². The fraction of sp³-hybridized carbons (Fsp3) is 1.00. The summed E-state index contributed by atoms with van der Waals surface area (Å²) in [7, 11) is 1.58. The van der Waals surface area contributed by atoms with Gasteiger partial charge in [-0.25, -0.2) is 8.42 Å². The average molecular weight is 413 g/mol. The van der Waals surface area contributed by atoms with Crippen LogP contribution < -0.4 is 0 Å². The average Bonchev–Trinajstić information content (AvgIpc) is 2.56. The Morgan fingerprint density at radius 1 is 0.808 bits per heavy atom. The first-order valence-electron chi connectivity index (χ1n) is 10.6. The lowest BCUT2D eigenvalue weighted by Crippen LogP contribution is -2.42. The minimum Gasteiger partial charge on any atom is -0.337 e. The standard InChI is InChI=1S/C20H41ClO4S/c1-5-8-9-10-11-12-13-14-15-16-18-19(17-6-2)25-20(4,24-7-3)26(21,22)23/h19H,5-18H2,1-4H3. The number of ether oxygens (including phenoxy) is 2. The monoisotopic (exact) mass is 412 g/mol. The van der Waals surface area contributed by atoms with Crippen LogP contribution in [0.5, 0.6) is 0 Å². The van der Waals surface area contributed by atoms with Crippen molar-refractivity contribution in [3.8, 4) is 0 Å². The lowest BCUT2D eigenvalue weighted by molar-refractivity contribution is -0.191. The first-order valence-corrected chi connectivity index (χ1v) is 12.9. The van der Waals surface area contributed by atoms with E-state index in [1.807, 2.05) is 0 Å². The molecule has 0 spiro atoms. The van der Waals surface area contributed by atoms with Crippen LogP contribution >= 0.6 is 10.7 Å². The summed E-state index contributed by atoms with van der Waals surface area (Å²) in [6, 6.07) is 0. The van der Waals surface area contributed by atoms with E-state index in [9.17, 15) is 8.42 Å². The van der Waals surface area contributed by atoms with Crippen LogP contribution in [0, 0.1) is 0 Å². The van der Waals surface area contributed by atoms with Gasteiger partial charge in [0.25, 0.3) is 14.2 Å². The summed E-state index contributed by atoms with van der Waals surface area (Å²) in [6.45, 7) is 7.69. The maximum absolute atomic E-state index is 11.8. The van der Waals surface area contributed by atoms with Crippen molar-refractivity contribution in [3.63, 3.8) is 0 Å². The van der Waals surface area contributed by atoms with Crippen molar-refractivity contribution >= 4 is 19.7 Å². The predicted molar refractivity (Wildman–Crippen MR) is 111 cm³/mol. The molecule has 2 atom stereocenters. The smallest absolute Gasteiger partial charge is 0.288 e. The molecule has 0 saturated carbocycles. The summed E-state index contributed by atoms with van der Waals surface area (Å²) in [5, 5.41) is -1.76. The summed E-state index contributed by atoms with van der Waals surface area (Å²) in [5.74, 6) is 0. The van der Waals surface area contributed by atoms with E-state index in [-0.39, 0.29) is 12.7 Å². The number of unbranched alkanes of at least 4 members (excludes halogenated alkanes) is 9. The minimum atomic E-state index is -3.96. The molecule has 0 aliphatic heterocycles. The molecule has 6 heteroatoms. The van der Waals surface area contributed by atoms with E-state index >= 15 is 0 Å². The molecule has 0 amide bonds. The zero-order valence-electron chi connectivity index (χ0n) is 17.4. The van der Waals surface area contributed by atoms with E-state index in [1.54, 1.807) is 6.92 Å². The molecule has 0 heterocycles. The molecule has 0 bridgehead atoms. The van der Waals surface area contributed by atoms with Gasteiger partial charge >= 0.3 is 0 Å². The fourth-order valence-corrected chi connectivity index (χ4v) is 3.92. The van der Waals surface area contributed by atoms with Gasteiger partial charge < -0.3 is 9.47 Å². The zero-order valence-corrected chi connectivity index (χ0v) is 19.0. The van der Waals surface area contributed by atoms with Crippen molar-refractivity contribution in [2.24, 2.45) is 0 Å². The quantitative estimate of drug-likeness (QED) is 0.142. The van der Waals surface area contributed by atoms with Gasteiger partial charge in [0, 0.05) is 24.2 Å². The Morgan fingerprint density at radius 2 is 1.31 bits per heavy atom. The second-order valence-corrected chi connectivity index (χ2v) is 10.1. The lowest BCUT2D eigenvalue weighted by atomic mass is 10.0. The van der Waals surface area contributed by atoms with E-state index < -0.39 is 14.2 Å². The number of rotatable bonds is 18.